The van der Waals surface area contributed by atoms with Crippen molar-refractivity contribution in [1.82, 2.24) is 10.6 Å². The number of aliphatic carboxylic acids is 3. The third-order valence-electron chi connectivity index (χ3n) is 6.14. The Morgan fingerprint density at radius 2 is 1.14 bits per heavy atom. The number of carboxylic acid groups (broad SMARTS) is 3. The summed E-state index contributed by atoms with van der Waals surface area (Å²) in [6.07, 6.45) is 4.56. The van der Waals surface area contributed by atoms with Gasteiger partial charge in [0.1, 0.15) is 24.2 Å². The van der Waals surface area contributed by atoms with Crippen molar-refractivity contribution in [3.05, 3.63) is 71.8 Å². The molecule has 42 heavy (non-hydrogen) atoms. The number of halogens is 1. The minimum atomic E-state index is -0.959. The van der Waals surface area contributed by atoms with Gasteiger partial charge >= 0.3 is 23.9 Å². The second-order valence-corrected chi connectivity index (χ2v) is 9.43. The average molecular weight is 611 g/mol. The number of methoxy groups -OCH3 is 1. The highest BCUT2D eigenvalue weighted by molar-refractivity contribution is 5.85. The molecule has 0 bridgehead atoms. The molecule has 2 aromatic carbocycles. The number of esters is 1. The Hall–Kier alpha value is -3.55. The molecule has 0 amide bonds. The van der Waals surface area contributed by atoms with Gasteiger partial charge in [-0.3, -0.25) is 19.2 Å². The van der Waals surface area contributed by atoms with Gasteiger partial charge in [-0.1, -0.05) is 60.7 Å². The number of ether oxygens (including phenoxy) is 1. The minimum absolute atomic E-state index is 0. The number of carboxylic acids is 3. The highest BCUT2D eigenvalue weighted by atomic mass is 35.5. The van der Waals surface area contributed by atoms with Crippen LogP contribution in [-0.4, -0.2) is 83.6 Å². The van der Waals surface area contributed by atoms with Crippen LogP contribution in [0.1, 0.15) is 36.8 Å². The van der Waals surface area contributed by atoms with Gasteiger partial charge in [0.05, 0.1) is 7.11 Å². The van der Waals surface area contributed by atoms with Crippen molar-refractivity contribution in [2.45, 2.75) is 62.7 Å². The van der Waals surface area contributed by atoms with E-state index in [1.165, 1.54) is 7.11 Å². The molecule has 234 valence electrons. The van der Waals surface area contributed by atoms with E-state index in [-0.39, 0.29) is 30.5 Å². The molecule has 9 N–H and O–H groups in total. The lowest BCUT2D eigenvalue weighted by molar-refractivity contribution is -0.143. The molecule has 4 rings (SSSR count). The third kappa shape index (κ3) is 16.7. The molecule has 13 heteroatoms. The van der Waals surface area contributed by atoms with Gasteiger partial charge < -0.3 is 42.2 Å². The molecule has 0 saturated carbocycles. The van der Waals surface area contributed by atoms with Gasteiger partial charge in [0.15, 0.2) is 0 Å². The largest absolute Gasteiger partial charge is 0.480 e. The minimum Gasteiger partial charge on any atom is -0.480 e. The first-order chi connectivity index (χ1) is 19.5. The summed E-state index contributed by atoms with van der Waals surface area (Å²) < 4.78 is 4.53. The van der Waals surface area contributed by atoms with Gasteiger partial charge in [-0.15, -0.1) is 12.4 Å². The summed E-state index contributed by atoms with van der Waals surface area (Å²) in [4.78, 5) is 41.6. The first-order valence-corrected chi connectivity index (χ1v) is 13.4. The molecule has 0 radical (unpaired) electrons. The Kier molecular flexibility index (Phi) is 20.2. The van der Waals surface area contributed by atoms with E-state index in [2.05, 4.69) is 15.4 Å². The van der Waals surface area contributed by atoms with Gasteiger partial charge in [-0.2, -0.15) is 0 Å². The fourth-order valence-electron chi connectivity index (χ4n) is 3.83. The van der Waals surface area contributed by atoms with Crippen molar-refractivity contribution in [3.63, 3.8) is 0 Å². The standard InChI is InChI=1S/2C9H11NO2.C6H11NO2.C5H9NO2.ClH/c2*10-8(9(11)12)6-7-4-2-1-3-5-7;1-9-6(8)5-3-2-4-7-5;7-5(8)4-2-1-3-6-4;/h2*1-5,8H,6,10H2,(H,11,12);5,7H,2-4H2,1H3;4,6H,1-3H2,(H,7,8);1H/t2*8-;5-;4-;/m0000./s1. The van der Waals surface area contributed by atoms with Gasteiger partial charge in [-0.25, -0.2) is 0 Å². The third-order valence-corrected chi connectivity index (χ3v) is 6.14. The van der Waals surface area contributed by atoms with Crippen LogP contribution in [-0.2, 0) is 36.8 Å². The number of carbonyl (C=O) groups excluding carboxylic acids is 1. The van der Waals surface area contributed by atoms with Crippen molar-refractivity contribution in [1.29, 1.82) is 0 Å². The van der Waals surface area contributed by atoms with Gasteiger partial charge in [0.25, 0.3) is 0 Å². The van der Waals surface area contributed by atoms with Crippen molar-refractivity contribution in [3.8, 4) is 0 Å². The van der Waals surface area contributed by atoms with Crippen LogP contribution < -0.4 is 22.1 Å². The molecule has 2 heterocycles. The predicted octanol–water partition coefficient (Wildman–Crippen LogP) is 1.44. The van der Waals surface area contributed by atoms with Crippen LogP contribution in [0.4, 0.5) is 0 Å². The van der Waals surface area contributed by atoms with Crippen LogP contribution >= 0.6 is 12.4 Å². The summed E-state index contributed by atoms with van der Waals surface area (Å²) in [6.45, 7) is 1.80. The maximum atomic E-state index is 10.7. The first kappa shape index (κ1) is 38.5. The van der Waals surface area contributed by atoms with E-state index in [4.69, 9.17) is 26.8 Å². The number of hydrogen-bond acceptors (Lipinski definition) is 9. The molecular formula is C29H43ClN4O8. The lowest BCUT2D eigenvalue weighted by atomic mass is 10.1. The molecule has 2 aliphatic rings. The summed E-state index contributed by atoms with van der Waals surface area (Å²) >= 11 is 0. The number of hydrogen-bond donors (Lipinski definition) is 7. The van der Waals surface area contributed by atoms with E-state index in [0.717, 1.165) is 49.9 Å². The van der Waals surface area contributed by atoms with Gasteiger partial charge in [-0.05, 0) is 62.7 Å². The number of nitrogens with one attached hydrogen (secondary N) is 2. The van der Waals surface area contributed by atoms with Crippen molar-refractivity contribution in [2.24, 2.45) is 11.5 Å². The van der Waals surface area contributed by atoms with Crippen molar-refractivity contribution in [2.75, 3.05) is 20.2 Å². The maximum absolute atomic E-state index is 10.7. The van der Waals surface area contributed by atoms with Crippen LogP contribution in [0.15, 0.2) is 60.7 Å². The van der Waals surface area contributed by atoms with E-state index in [1.807, 2.05) is 60.7 Å². The fourth-order valence-corrected chi connectivity index (χ4v) is 3.83. The maximum Gasteiger partial charge on any atom is 0.322 e. The zero-order chi connectivity index (χ0) is 30.6. The number of carbonyl (C=O) groups is 4. The Bertz CT molecular complexity index is 993. The van der Waals surface area contributed by atoms with Crippen LogP contribution in [0.25, 0.3) is 0 Å². The zero-order valence-corrected chi connectivity index (χ0v) is 24.5. The van der Waals surface area contributed by atoms with E-state index >= 15 is 0 Å². The van der Waals surface area contributed by atoms with Crippen molar-refractivity contribution < 1.29 is 39.2 Å². The molecule has 4 atom stereocenters. The zero-order valence-electron chi connectivity index (χ0n) is 23.7. The van der Waals surface area contributed by atoms with E-state index in [0.29, 0.717) is 12.8 Å². The molecule has 0 aromatic heterocycles. The quantitative estimate of drug-likeness (QED) is 0.211. The Morgan fingerprint density at radius 3 is 1.40 bits per heavy atom. The average Bonchev–Trinajstić information content (AvgIpc) is 3.70. The second kappa shape index (κ2) is 22.1. The Morgan fingerprint density at radius 1 is 0.762 bits per heavy atom. The summed E-state index contributed by atoms with van der Waals surface area (Å²) in [5.41, 5.74) is 12.6. The Balaban J connectivity index is 0.000000536. The summed E-state index contributed by atoms with van der Waals surface area (Å²) in [6, 6.07) is 16.8. The molecule has 2 aromatic rings. The van der Waals surface area contributed by atoms with E-state index in [9.17, 15) is 19.2 Å². The SMILES string of the molecule is COC(=O)[C@@H]1CCCN1.Cl.N[C@@H](Cc1ccccc1)C(=O)O.N[C@@H](Cc1ccccc1)C(=O)O.O=C(O)[C@@H]1CCCN1. The van der Waals surface area contributed by atoms with Crippen LogP contribution in [0, 0.1) is 0 Å². The lowest BCUT2D eigenvalue weighted by Crippen LogP contribution is -2.32. The predicted molar refractivity (Wildman–Crippen MR) is 160 cm³/mol. The highest BCUT2D eigenvalue weighted by Crippen LogP contribution is 2.06. The molecule has 2 saturated heterocycles. The fraction of sp³-hybridized carbons (Fsp3) is 0.448. The molecule has 0 spiro atoms. The highest BCUT2D eigenvalue weighted by Gasteiger charge is 2.22. The molecule has 0 unspecified atom stereocenters. The van der Waals surface area contributed by atoms with E-state index < -0.39 is 30.0 Å². The molecule has 12 nitrogen and oxygen atoms in total. The van der Waals surface area contributed by atoms with Crippen molar-refractivity contribution >= 4 is 36.3 Å². The van der Waals surface area contributed by atoms with Gasteiger partial charge in [0.2, 0.25) is 0 Å². The summed E-state index contributed by atoms with van der Waals surface area (Å²) in [5.74, 6) is -2.77. The summed E-state index contributed by atoms with van der Waals surface area (Å²) in [5, 5.41) is 31.3. The molecular weight excluding hydrogens is 568 g/mol. The smallest absolute Gasteiger partial charge is 0.322 e. The lowest BCUT2D eigenvalue weighted by Gasteiger charge is -2.04. The molecule has 2 aliphatic heterocycles. The monoisotopic (exact) mass is 610 g/mol. The second-order valence-electron chi connectivity index (χ2n) is 9.43. The molecule has 2 fully saturated rings. The number of benzene rings is 2. The van der Waals surface area contributed by atoms with Crippen LogP contribution in [0.5, 0.6) is 0 Å². The Labute approximate surface area is 252 Å². The first-order valence-electron chi connectivity index (χ1n) is 13.4. The van der Waals surface area contributed by atoms with Gasteiger partial charge in [0, 0.05) is 0 Å². The topological polar surface area (TPSA) is 214 Å². The number of nitrogens with two attached hydrogens (primary N) is 2. The summed E-state index contributed by atoms with van der Waals surface area (Å²) in [7, 11) is 1.42. The van der Waals surface area contributed by atoms with Crippen LogP contribution in [0.2, 0.25) is 0 Å². The molecule has 0 aliphatic carbocycles. The normalized spacial score (nSPS) is 18.1. The van der Waals surface area contributed by atoms with E-state index in [1.54, 1.807) is 0 Å². The number of rotatable bonds is 8. The van der Waals surface area contributed by atoms with Crippen LogP contribution in [0.3, 0.4) is 0 Å².